The van der Waals surface area contributed by atoms with Crippen LogP contribution in [-0.2, 0) is 12.1 Å². The van der Waals surface area contributed by atoms with Crippen molar-refractivity contribution in [3.8, 4) is 17.6 Å². The third-order valence-corrected chi connectivity index (χ3v) is 7.27. The Morgan fingerprint density at radius 3 is 2.76 bits per heavy atom. The largest absolute Gasteiger partial charge is 0.482 e. The summed E-state index contributed by atoms with van der Waals surface area (Å²) in [6.07, 6.45) is 4.89. The Balaban J connectivity index is 1.37. The van der Waals surface area contributed by atoms with Gasteiger partial charge in [0.1, 0.15) is 42.4 Å². The van der Waals surface area contributed by atoms with E-state index in [1.807, 2.05) is 0 Å². The molecule has 1 saturated carbocycles. The Labute approximate surface area is 197 Å². The Bertz CT molecular complexity index is 1290. The van der Waals surface area contributed by atoms with Crippen molar-refractivity contribution in [1.29, 1.82) is 0 Å². The second-order valence-electron chi connectivity index (χ2n) is 8.10. The first-order chi connectivity index (χ1) is 16.5. The number of fused-ring (bicyclic) bond motifs is 1. The molecule has 6 nitrogen and oxygen atoms in total. The molecule has 3 atom stereocenters. The minimum absolute atomic E-state index is 0.0358. The quantitative estimate of drug-likeness (QED) is 0.530. The number of hydrogen-bond acceptors (Lipinski definition) is 7. The van der Waals surface area contributed by atoms with Crippen LogP contribution in [0.5, 0.6) is 5.75 Å². The standard InChI is InChI=1S/C24H19F3N4O2S/c25-13-23-10-20(23)24(14-26,31-22(28)34-23)18-9-15(2-6-19(18)27)1-3-16-4-5-17(11-30-16)33-12-21-29-7-8-32-21/h2,4-9,11,20H,10,12-14H2,(H2,28,31)/t20-,23-,24-/m1/s1. The number of nitrogens with zero attached hydrogens (tertiary/aromatic N) is 3. The zero-order valence-electron chi connectivity index (χ0n) is 17.8. The van der Waals surface area contributed by atoms with Crippen molar-refractivity contribution >= 4 is 16.9 Å². The van der Waals surface area contributed by atoms with Crippen LogP contribution in [0.2, 0.25) is 0 Å². The number of thioether (sulfide) groups is 1. The summed E-state index contributed by atoms with van der Waals surface area (Å²) in [7, 11) is 0. The summed E-state index contributed by atoms with van der Waals surface area (Å²) >= 11 is 1.10. The van der Waals surface area contributed by atoms with Crippen molar-refractivity contribution in [2.75, 3.05) is 13.3 Å². The first kappa shape index (κ1) is 22.3. The maximum absolute atomic E-state index is 14.9. The van der Waals surface area contributed by atoms with Crippen LogP contribution in [0.3, 0.4) is 0 Å². The van der Waals surface area contributed by atoms with Crippen LogP contribution in [0, 0.1) is 23.6 Å². The SMILES string of the molecule is NC1=N[C@](CF)(c2cc(C#Cc3ccc(OCc4ncco4)cn3)ccc2F)[C@@H]2C[C@]2(CF)S1. The van der Waals surface area contributed by atoms with E-state index in [1.165, 1.54) is 36.9 Å². The van der Waals surface area contributed by atoms with Gasteiger partial charge in [0.2, 0.25) is 5.89 Å². The van der Waals surface area contributed by atoms with E-state index in [0.717, 1.165) is 11.8 Å². The Morgan fingerprint density at radius 2 is 2.06 bits per heavy atom. The molecule has 2 aromatic heterocycles. The maximum Gasteiger partial charge on any atom is 0.232 e. The van der Waals surface area contributed by atoms with Crippen LogP contribution in [-0.4, -0.2) is 33.2 Å². The fraction of sp³-hybridized carbons (Fsp3) is 0.292. The van der Waals surface area contributed by atoms with E-state index in [1.54, 1.807) is 12.1 Å². The lowest BCUT2D eigenvalue weighted by Gasteiger charge is -2.34. The summed E-state index contributed by atoms with van der Waals surface area (Å²) in [4.78, 5) is 12.5. The predicted octanol–water partition coefficient (Wildman–Crippen LogP) is 4.14. The van der Waals surface area contributed by atoms with Crippen molar-refractivity contribution in [2.24, 2.45) is 16.6 Å². The molecule has 34 heavy (non-hydrogen) atoms. The summed E-state index contributed by atoms with van der Waals surface area (Å²) in [5.41, 5.74) is 5.29. The van der Waals surface area contributed by atoms with E-state index in [0.29, 0.717) is 29.3 Å². The van der Waals surface area contributed by atoms with Gasteiger partial charge in [-0.15, -0.1) is 0 Å². The molecule has 0 spiro atoms. The number of halogens is 3. The van der Waals surface area contributed by atoms with Gasteiger partial charge < -0.3 is 14.9 Å². The fourth-order valence-electron chi connectivity index (χ4n) is 4.21. The molecule has 2 aliphatic rings. The number of rotatable bonds is 6. The molecule has 1 aromatic carbocycles. The third kappa shape index (κ3) is 4.01. The molecule has 3 heterocycles. The molecule has 2 N–H and O–H groups in total. The predicted molar refractivity (Wildman–Crippen MR) is 121 cm³/mol. The minimum atomic E-state index is -1.55. The van der Waals surface area contributed by atoms with Crippen LogP contribution < -0.4 is 10.5 Å². The number of oxazole rings is 1. The minimum Gasteiger partial charge on any atom is -0.482 e. The summed E-state index contributed by atoms with van der Waals surface area (Å²) in [5.74, 6) is 5.68. The van der Waals surface area contributed by atoms with E-state index in [4.69, 9.17) is 14.9 Å². The first-order valence-corrected chi connectivity index (χ1v) is 11.3. The summed E-state index contributed by atoms with van der Waals surface area (Å²) in [5, 5.41) is 0.0641. The summed E-state index contributed by atoms with van der Waals surface area (Å²) < 4.78 is 52.8. The van der Waals surface area contributed by atoms with Gasteiger partial charge in [0.25, 0.3) is 0 Å². The smallest absolute Gasteiger partial charge is 0.232 e. The highest BCUT2D eigenvalue weighted by atomic mass is 32.2. The molecular weight excluding hydrogens is 465 g/mol. The van der Waals surface area contributed by atoms with Crippen LogP contribution in [0.25, 0.3) is 0 Å². The molecule has 0 unspecified atom stereocenters. The lowest BCUT2D eigenvalue weighted by Crippen LogP contribution is -2.40. The lowest BCUT2D eigenvalue weighted by atomic mass is 9.84. The Morgan fingerprint density at radius 1 is 1.18 bits per heavy atom. The van der Waals surface area contributed by atoms with Crippen molar-refractivity contribution < 1.29 is 22.3 Å². The number of pyridine rings is 1. The Hall–Kier alpha value is -3.45. The molecule has 10 heteroatoms. The van der Waals surface area contributed by atoms with Crippen LogP contribution in [0.1, 0.15) is 29.1 Å². The average Bonchev–Trinajstić information content (AvgIpc) is 3.35. The molecule has 1 fully saturated rings. The van der Waals surface area contributed by atoms with Crippen molar-refractivity contribution in [3.05, 3.63) is 77.5 Å². The van der Waals surface area contributed by atoms with Gasteiger partial charge in [-0.05, 0) is 42.7 Å². The van der Waals surface area contributed by atoms with Crippen molar-refractivity contribution in [3.63, 3.8) is 0 Å². The number of alkyl halides is 2. The van der Waals surface area contributed by atoms with E-state index < -0.39 is 35.4 Å². The zero-order valence-corrected chi connectivity index (χ0v) is 18.6. The molecular formula is C24H19F3N4O2S. The van der Waals surface area contributed by atoms with Gasteiger partial charge in [-0.2, -0.15) is 0 Å². The monoisotopic (exact) mass is 484 g/mol. The number of aliphatic imine (C=N–C) groups is 1. The van der Waals surface area contributed by atoms with E-state index in [9.17, 15) is 13.2 Å². The number of hydrogen-bond donors (Lipinski definition) is 1. The van der Waals surface area contributed by atoms with E-state index >= 15 is 0 Å². The zero-order chi connectivity index (χ0) is 23.8. The number of amidine groups is 1. The molecule has 0 radical (unpaired) electrons. The number of benzene rings is 1. The number of nitrogens with two attached hydrogens (primary N) is 1. The molecule has 3 aromatic rings. The summed E-state index contributed by atoms with van der Waals surface area (Å²) in [6.45, 7) is -1.49. The van der Waals surface area contributed by atoms with E-state index in [-0.39, 0.29) is 17.3 Å². The van der Waals surface area contributed by atoms with Gasteiger partial charge in [0.05, 0.1) is 17.1 Å². The summed E-state index contributed by atoms with van der Waals surface area (Å²) in [6, 6.07) is 7.55. The van der Waals surface area contributed by atoms with Gasteiger partial charge in [-0.3, -0.25) is 0 Å². The van der Waals surface area contributed by atoms with Gasteiger partial charge in [0.15, 0.2) is 11.8 Å². The number of ether oxygens (including phenoxy) is 1. The van der Waals surface area contributed by atoms with Crippen LogP contribution >= 0.6 is 11.8 Å². The number of aromatic nitrogens is 2. The highest BCUT2D eigenvalue weighted by Gasteiger charge is 2.68. The van der Waals surface area contributed by atoms with Crippen molar-refractivity contribution in [1.82, 2.24) is 9.97 Å². The second-order valence-corrected chi connectivity index (χ2v) is 9.54. The lowest BCUT2D eigenvalue weighted by molar-refractivity contribution is 0.257. The topological polar surface area (TPSA) is 86.5 Å². The molecule has 0 bridgehead atoms. The van der Waals surface area contributed by atoms with Gasteiger partial charge in [-0.25, -0.2) is 28.1 Å². The van der Waals surface area contributed by atoms with Crippen LogP contribution in [0.15, 0.2) is 58.4 Å². The molecule has 1 aliphatic carbocycles. The maximum atomic E-state index is 14.9. The second kappa shape index (κ2) is 8.72. The molecule has 1 aliphatic heterocycles. The van der Waals surface area contributed by atoms with Gasteiger partial charge in [0, 0.05) is 17.0 Å². The first-order valence-electron chi connectivity index (χ1n) is 10.4. The average molecular weight is 485 g/mol. The highest BCUT2D eigenvalue weighted by molar-refractivity contribution is 8.15. The van der Waals surface area contributed by atoms with E-state index in [2.05, 4.69) is 26.8 Å². The molecule has 0 saturated heterocycles. The molecule has 174 valence electrons. The van der Waals surface area contributed by atoms with Crippen molar-refractivity contribution in [2.45, 2.75) is 23.3 Å². The van der Waals surface area contributed by atoms with Crippen LogP contribution in [0.4, 0.5) is 13.2 Å². The fourth-order valence-corrected chi connectivity index (χ4v) is 5.47. The molecule has 5 rings (SSSR count). The molecule has 0 amide bonds. The third-order valence-electron chi connectivity index (χ3n) is 6.00. The normalized spacial score (nSPS) is 25.0. The van der Waals surface area contributed by atoms with Gasteiger partial charge in [-0.1, -0.05) is 17.7 Å². The highest BCUT2D eigenvalue weighted by Crippen LogP contribution is 2.66. The Kier molecular flexibility index (Phi) is 5.73. The van der Waals surface area contributed by atoms with Gasteiger partial charge >= 0.3 is 0 Å².